The fraction of sp³-hybridized carbons (Fsp3) is 0.444. The van der Waals surface area contributed by atoms with E-state index in [0.717, 1.165) is 68.8 Å². The quantitative estimate of drug-likeness (QED) is 0.661. The molecule has 4 rings (SSSR count). The SMILES string of the molecule is c1cc2cc(-c3nnc(NCCCCN4CCOCC4)o3)ccc2o1. The number of hydrogen-bond donors (Lipinski definition) is 1. The number of nitrogens with one attached hydrogen (secondary N) is 1. The number of rotatable bonds is 7. The van der Waals surface area contributed by atoms with E-state index in [1.807, 2.05) is 24.3 Å². The van der Waals surface area contributed by atoms with E-state index in [9.17, 15) is 0 Å². The molecule has 0 spiro atoms. The Hall–Kier alpha value is -2.38. The largest absolute Gasteiger partial charge is 0.464 e. The van der Waals surface area contributed by atoms with Crippen LogP contribution in [-0.2, 0) is 4.74 Å². The average Bonchev–Trinajstić information content (AvgIpc) is 3.31. The highest BCUT2D eigenvalue weighted by Crippen LogP contribution is 2.25. The number of nitrogens with zero attached hydrogens (tertiary/aromatic N) is 3. The third kappa shape index (κ3) is 4.00. The maximum atomic E-state index is 5.70. The van der Waals surface area contributed by atoms with Crippen molar-refractivity contribution in [3.63, 3.8) is 0 Å². The molecule has 7 heteroatoms. The molecule has 0 atom stereocenters. The van der Waals surface area contributed by atoms with Gasteiger partial charge in [-0.25, -0.2) is 0 Å². The van der Waals surface area contributed by atoms with E-state index in [0.29, 0.717) is 11.9 Å². The molecule has 0 bridgehead atoms. The van der Waals surface area contributed by atoms with Crippen LogP contribution in [0.15, 0.2) is 39.4 Å². The molecule has 132 valence electrons. The van der Waals surface area contributed by atoms with Crippen LogP contribution in [0.2, 0.25) is 0 Å². The van der Waals surface area contributed by atoms with Gasteiger partial charge in [-0.3, -0.25) is 4.90 Å². The Bertz CT molecular complexity index is 807. The van der Waals surface area contributed by atoms with Crippen molar-refractivity contribution in [1.82, 2.24) is 15.1 Å². The molecular weight excluding hydrogens is 320 g/mol. The van der Waals surface area contributed by atoms with E-state index < -0.39 is 0 Å². The zero-order valence-electron chi connectivity index (χ0n) is 14.1. The van der Waals surface area contributed by atoms with Crippen LogP contribution in [0.5, 0.6) is 0 Å². The minimum atomic E-state index is 0.466. The van der Waals surface area contributed by atoms with Crippen LogP contribution < -0.4 is 5.32 Å². The van der Waals surface area contributed by atoms with Crippen molar-refractivity contribution >= 4 is 17.0 Å². The first-order chi connectivity index (χ1) is 12.4. The van der Waals surface area contributed by atoms with E-state index in [-0.39, 0.29) is 0 Å². The van der Waals surface area contributed by atoms with Crippen molar-refractivity contribution in [3.05, 3.63) is 30.5 Å². The molecule has 0 aliphatic carbocycles. The number of anilines is 1. The summed E-state index contributed by atoms with van der Waals surface area (Å²) in [6.07, 6.45) is 3.88. The van der Waals surface area contributed by atoms with Crippen LogP contribution >= 0.6 is 0 Å². The summed E-state index contributed by atoms with van der Waals surface area (Å²) >= 11 is 0. The van der Waals surface area contributed by atoms with Gasteiger partial charge in [0.15, 0.2) is 0 Å². The van der Waals surface area contributed by atoms with Crippen molar-refractivity contribution in [2.75, 3.05) is 44.7 Å². The van der Waals surface area contributed by atoms with E-state index in [1.54, 1.807) is 6.26 Å². The lowest BCUT2D eigenvalue weighted by Gasteiger charge is -2.26. The van der Waals surface area contributed by atoms with Gasteiger partial charge in [0.05, 0.1) is 19.5 Å². The van der Waals surface area contributed by atoms with Gasteiger partial charge in [-0.1, -0.05) is 5.10 Å². The van der Waals surface area contributed by atoms with Crippen LogP contribution in [0, 0.1) is 0 Å². The Kier molecular flexibility index (Phi) is 4.94. The molecule has 3 heterocycles. The summed E-state index contributed by atoms with van der Waals surface area (Å²) in [6.45, 7) is 5.74. The molecule has 0 saturated carbocycles. The predicted molar refractivity (Wildman–Crippen MR) is 94.5 cm³/mol. The first-order valence-electron chi connectivity index (χ1n) is 8.73. The number of unbranched alkanes of at least 4 members (excludes halogenated alkanes) is 1. The fourth-order valence-electron chi connectivity index (χ4n) is 2.99. The van der Waals surface area contributed by atoms with Crippen molar-refractivity contribution in [2.45, 2.75) is 12.8 Å². The van der Waals surface area contributed by atoms with Crippen LogP contribution in [0.3, 0.4) is 0 Å². The van der Waals surface area contributed by atoms with Gasteiger partial charge in [-0.15, -0.1) is 5.10 Å². The molecule has 1 N–H and O–H groups in total. The van der Waals surface area contributed by atoms with E-state index >= 15 is 0 Å². The predicted octanol–water partition coefficient (Wildman–Crippen LogP) is 3.01. The van der Waals surface area contributed by atoms with Gasteiger partial charge < -0.3 is 18.9 Å². The molecular formula is C18H22N4O3. The number of benzene rings is 1. The molecule has 0 amide bonds. The van der Waals surface area contributed by atoms with Crippen molar-refractivity contribution < 1.29 is 13.6 Å². The minimum Gasteiger partial charge on any atom is -0.464 e. The molecule has 7 nitrogen and oxygen atoms in total. The van der Waals surface area contributed by atoms with Crippen molar-refractivity contribution in [1.29, 1.82) is 0 Å². The highest BCUT2D eigenvalue weighted by atomic mass is 16.5. The number of ether oxygens (including phenoxy) is 1. The lowest BCUT2D eigenvalue weighted by atomic mass is 10.1. The normalized spacial score (nSPS) is 15.7. The molecule has 3 aromatic rings. The highest BCUT2D eigenvalue weighted by molar-refractivity contribution is 5.81. The monoisotopic (exact) mass is 342 g/mol. The molecule has 0 unspecified atom stereocenters. The second kappa shape index (κ2) is 7.67. The lowest BCUT2D eigenvalue weighted by molar-refractivity contribution is 0.0373. The Morgan fingerprint density at radius 3 is 2.92 bits per heavy atom. The van der Waals surface area contributed by atoms with Gasteiger partial charge in [0, 0.05) is 30.6 Å². The van der Waals surface area contributed by atoms with Crippen LogP contribution in [-0.4, -0.2) is 54.5 Å². The summed E-state index contributed by atoms with van der Waals surface area (Å²) < 4.78 is 16.4. The standard InChI is InChI=1S/C18H22N4O3/c1(2-7-22-8-11-23-12-9-22)6-19-18-21-20-17(25-18)15-3-4-16-14(13-15)5-10-24-16/h3-5,10,13H,1-2,6-9,11-12H2,(H,19,21). The summed E-state index contributed by atoms with van der Waals surface area (Å²) in [5.74, 6) is 0.513. The van der Waals surface area contributed by atoms with Gasteiger partial charge in [0.2, 0.25) is 5.89 Å². The van der Waals surface area contributed by atoms with Gasteiger partial charge in [0.25, 0.3) is 0 Å². The molecule has 1 aromatic carbocycles. The number of fused-ring (bicyclic) bond motifs is 1. The number of hydrogen-bond acceptors (Lipinski definition) is 7. The number of morpholine rings is 1. The molecule has 1 aliphatic heterocycles. The number of aromatic nitrogens is 2. The zero-order chi connectivity index (χ0) is 16.9. The summed E-state index contributed by atoms with van der Waals surface area (Å²) in [6, 6.07) is 8.20. The van der Waals surface area contributed by atoms with Gasteiger partial charge in [-0.05, 0) is 43.7 Å². The maximum absolute atomic E-state index is 5.70. The zero-order valence-corrected chi connectivity index (χ0v) is 14.1. The smallest absolute Gasteiger partial charge is 0.315 e. The van der Waals surface area contributed by atoms with E-state index in [2.05, 4.69) is 20.4 Å². The average molecular weight is 342 g/mol. The molecule has 2 aromatic heterocycles. The van der Waals surface area contributed by atoms with Gasteiger partial charge >= 0.3 is 6.01 Å². The highest BCUT2D eigenvalue weighted by Gasteiger charge is 2.11. The van der Waals surface area contributed by atoms with Crippen LogP contribution in [0.4, 0.5) is 6.01 Å². The van der Waals surface area contributed by atoms with E-state index in [1.165, 1.54) is 0 Å². The lowest BCUT2D eigenvalue weighted by Crippen LogP contribution is -2.36. The minimum absolute atomic E-state index is 0.466. The third-order valence-corrected chi connectivity index (χ3v) is 4.41. The summed E-state index contributed by atoms with van der Waals surface area (Å²) in [4.78, 5) is 2.44. The second-order valence-corrected chi connectivity index (χ2v) is 6.17. The summed E-state index contributed by atoms with van der Waals surface area (Å²) in [5.41, 5.74) is 1.74. The van der Waals surface area contributed by atoms with Gasteiger partial charge in [0.1, 0.15) is 5.58 Å². The van der Waals surface area contributed by atoms with Crippen molar-refractivity contribution in [2.24, 2.45) is 0 Å². The topological polar surface area (TPSA) is 76.6 Å². The Morgan fingerprint density at radius 1 is 1.08 bits per heavy atom. The summed E-state index contributed by atoms with van der Waals surface area (Å²) in [5, 5.41) is 12.4. The third-order valence-electron chi connectivity index (χ3n) is 4.41. The van der Waals surface area contributed by atoms with Crippen molar-refractivity contribution in [3.8, 4) is 11.5 Å². The molecule has 1 fully saturated rings. The van der Waals surface area contributed by atoms with Gasteiger partial charge in [-0.2, -0.15) is 0 Å². The first-order valence-corrected chi connectivity index (χ1v) is 8.73. The molecule has 1 aliphatic rings. The molecule has 25 heavy (non-hydrogen) atoms. The van der Waals surface area contributed by atoms with Crippen LogP contribution in [0.1, 0.15) is 12.8 Å². The molecule has 0 radical (unpaired) electrons. The Labute approximate surface area is 146 Å². The first kappa shape index (κ1) is 16.1. The number of furan rings is 1. The Morgan fingerprint density at radius 2 is 2.00 bits per heavy atom. The Balaban J connectivity index is 1.25. The fourth-order valence-corrected chi connectivity index (χ4v) is 2.99. The summed E-state index contributed by atoms with van der Waals surface area (Å²) in [7, 11) is 0. The second-order valence-electron chi connectivity index (χ2n) is 6.17. The molecule has 1 saturated heterocycles. The maximum Gasteiger partial charge on any atom is 0.315 e. The van der Waals surface area contributed by atoms with E-state index in [4.69, 9.17) is 13.6 Å². The van der Waals surface area contributed by atoms with Crippen LogP contribution in [0.25, 0.3) is 22.4 Å².